The molecule has 0 aliphatic heterocycles. The fourth-order valence-electron chi connectivity index (χ4n) is 1.40. The fourth-order valence-corrected chi connectivity index (χ4v) is 1.40. The molecular weight excluding hydrogens is 233 g/mol. The minimum atomic E-state index is -0.354. The van der Waals surface area contributed by atoms with E-state index in [-0.39, 0.29) is 11.7 Å². The van der Waals surface area contributed by atoms with Crippen LogP contribution in [0.15, 0.2) is 42.7 Å². The lowest BCUT2D eigenvalue weighted by Gasteiger charge is -1.99. The van der Waals surface area contributed by atoms with Crippen molar-refractivity contribution in [2.24, 2.45) is 0 Å². The summed E-state index contributed by atoms with van der Waals surface area (Å²) in [5.41, 5.74) is 0.380. The summed E-state index contributed by atoms with van der Waals surface area (Å²) in [6.45, 7) is 0.313. The highest BCUT2D eigenvalue weighted by molar-refractivity contribution is 5.91. The van der Waals surface area contributed by atoms with Gasteiger partial charge in [-0.1, -0.05) is 18.2 Å². The van der Waals surface area contributed by atoms with E-state index in [0.29, 0.717) is 17.9 Å². The molecule has 1 amide bonds. The zero-order chi connectivity index (χ0) is 12.8. The number of halogens is 1. The van der Waals surface area contributed by atoms with Gasteiger partial charge in [0.2, 0.25) is 5.91 Å². The summed E-state index contributed by atoms with van der Waals surface area (Å²) in [5.74, 6) is 0.0184. The molecule has 5 heteroatoms. The zero-order valence-corrected chi connectivity index (χ0v) is 9.56. The van der Waals surface area contributed by atoms with Crippen molar-refractivity contribution in [1.29, 1.82) is 0 Å². The van der Waals surface area contributed by atoms with Gasteiger partial charge in [0.25, 0.3) is 0 Å². The lowest BCUT2D eigenvalue weighted by atomic mass is 10.2. The summed E-state index contributed by atoms with van der Waals surface area (Å²) in [6.07, 6.45) is 6.02. The number of benzene rings is 1. The van der Waals surface area contributed by atoms with E-state index in [4.69, 9.17) is 0 Å². The number of imidazole rings is 1. The normalized spacial score (nSPS) is 10.7. The summed E-state index contributed by atoms with van der Waals surface area (Å²) >= 11 is 0. The Morgan fingerprint density at radius 2 is 2.28 bits per heavy atom. The van der Waals surface area contributed by atoms with Crippen LogP contribution in [-0.2, 0) is 11.3 Å². The van der Waals surface area contributed by atoms with Gasteiger partial charge >= 0.3 is 0 Å². The summed E-state index contributed by atoms with van der Waals surface area (Å²) in [5, 5.41) is 2.63. The molecule has 0 saturated carbocycles. The van der Waals surface area contributed by atoms with E-state index in [2.05, 4.69) is 15.3 Å². The molecule has 0 spiro atoms. The monoisotopic (exact) mass is 245 g/mol. The average Bonchev–Trinajstić information content (AvgIpc) is 2.88. The number of amides is 1. The molecule has 4 nitrogen and oxygen atoms in total. The van der Waals surface area contributed by atoms with Gasteiger partial charge < -0.3 is 10.3 Å². The minimum Gasteiger partial charge on any atom is -0.347 e. The molecule has 0 atom stereocenters. The standard InChI is InChI=1S/C13H12FN3O/c14-11-4-2-1-3-10(11)5-6-13(18)17-9-12-15-7-8-16-12/h1-8H,9H2,(H,15,16)(H,17,18). The third-order valence-corrected chi connectivity index (χ3v) is 2.30. The topological polar surface area (TPSA) is 57.8 Å². The molecule has 0 fully saturated rings. The second kappa shape index (κ2) is 5.77. The van der Waals surface area contributed by atoms with Gasteiger partial charge in [-0.25, -0.2) is 9.37 Å². The Hall–Kier alpha value is -2.43. The summed E-state index contributed by atoms with van der Waals surface area (Å²) < 4.78 is 13.3. The molecule has 0 aliphatic rings. The Balaban J connectivity index is 1.89. The minimum absolute atomic E-state index is 0.297. The molecule has 1 aromatic heterocycles. The van der Waals surface area contributed by atoms with Crippen molar-refractivity contribution in [3.8, 4) is 0 Å². The molecule has 1 aromatic carbocycles. The lowest BCUT2D eigenvalue weighted by molar-refractivity contribution is -0.116. The molecule has 2 aromatic rings. The predicted octanol–water partition coefficient (Wildman–Crippen LogP) is 1.88. The van der Waals surface area contributed by atoms with Crippen LogP contribution in [0.2, 0.25) is 0 Å². The van der Waals surface area contributed by atoms with Crippen LogP contribution in [0.3, 0.4) is 0 Å². The molecular formula is C13H12FN3O. The van der Waals surface area contributed by atoms with Crippen molar-refractivity contribution in [2.75, 3.05) is 0 Å². The van der Waals surface area contributed by atoms with Crippen molar-refractivity contribution >= 4 is 12.0 Å². The van der Waals surface area contributed by atoms with Crippen LogP contribution in [0, 0.1) is 5.82 Å². The van der Waals surface area contributed by atoms with Crippen molar-refractivity contribution < 1.29 is 9.18 Å². The average molecular weight is 245 g/mol. The van der Waals surface area contributed by atoms with Crippen LogP contribution in [0.25, 0.3) is 6.08 Å². The first kappa shape index (κ1) is 12.0. The van der Waals surface area contributed by atoms with Crippen LogP contribution < -0.4 is 5.32 Å². The Bertz CT molecular complexity index is 549. The molecule has 0 unspecified atom stereocenters. The highest BCUT2D eigenvalue weighted by atomic mass is 19.1. The van der Waals surface area contributed by atoms with Crippen molar-refractivity contribution in [2.45, 2.75) is 6.54 Å². The number of nitrogens with one attached hydrogen (secondary N) is 2. The van der Waals surface area contributed by atoms with Gasteiger partial charge in [-0.05, 0) is 12.1 Å². The molecule has 18 heavy (non-hydrogen) atoms. The molecule has 2 rings (SSSR count). The summed E-state index contributed by atoms with van der Waals surface area (Å²) in [7, 11) is 0. The van der Waals surface area contributed by atoms with Crippen LogP contribution >= 0.6 is 0 Å². The Morgan fingerprint density at radius 3 is 3.00 bits per heavy atom. The van der Waals surface area contributed by atoms with E-state index < -0.39 is 0 Å². The molecule has 0 bridgehead atoms. The van der Waals surface area contributed by atoms with Gasteiger partial charge in [0.15, 0.2) is 0 Å². The molecule has 0 aliphatic carbocycles. The SMILES string of the molecule is O=C(C=Cc1ccccc1F)NCc1ncc[nH]1. The van der Waals surface area contributed by atoms with Crippen LogP contribution in [0.5, 0.6) is 0 Å². The third kappa shape index (κ3) is 3.28. The molecule has 2 N–H and O–H groups in total. The second-order valence-corrected chi connectivity index (χ2v) is 3.61. The number of aromatic nitrogens is 2. The maximum Gasteiger partial charge on any atom is 0.244 e. The van der Waals surface area contributed by atoms with E-state index in [0.717, 1.165) is 0 Å². The second-order valence-electron chi connectivity index (χ2n) is 3.61. The van der Waals surface area contributed by atoms with Crippen molar-refractivity contribution in [1.82, 2.24) is 15.3 Å². The molecule has 92 valence electrons. The van der Waals surface area contributed by atoms with E-state index in [1.807, 2.05) is 0 Å². The molecule has 1 heterocycles. The zero-order valence-electron chi connectivity index (χ0n) is 9.56. The lowest BCUT2D eigenvalue weighted by Crippen LogP contribution is -2.20. The van der Waals surface area contributed by atoms with Gasteiger partial charge in [0.05, 0.1) is 6.54 Å². The van der Waals surface area contributed by atoms with Gasteiger partial charge in [-0.3, -0.25) is 4.79 Å². The third-order valence-electron chi connectivity index (χ3n) is 2.30. The quantitative estimate of drug-likeness (QED) is 0.808. The number of carbonyl (C=O) groups excluding carboxylic acids is 1. The van der Waals surface area contributed by atoms with Crippen LogP contribution in [-0.4, -0.2) is 15.9 Å². The Labute approximate surface area is 104 Å². The highest BCUT2D eigenvalue weighted by Gasteiger charge is 1.99. The summed E-state index contributed by atoms with van der Waals surface area (Å²) in [6, 6.07) is 6.26. The van der Waals surface area contributed by atoms with Crippen molar-refractivity contribution in [3.63, 3.8) is 0 Å². The highest BCUT2D eigenvalue weighted by Crippen LogP contribution is 2.07. The number of rotatable bonds is 4. The first-order valence-electron chi connectivity index (χ1n) is 5.44. The first-order valence-corrected chi connectivity index (χ1v) is 5.44. The Morgan fingerprint density at radius 1 is 1.44 bits per heavy atom. The predicted molar refractivity (Wildman–Crippen MR) is 65.9 cm³/mol. The number of hydrogen-bond donors (Lipinski definition) is 2. The van der Waals surface area contributed by atoms with Crippen LogP contribution in [0.4, 0.5) is 4.39 Å². The smallest absolute Gasteiger partial charge is 0.244 e. The van der Waals surface area contributed by atoms with Gasteiger partial charge in [0, 0.05) is 24.0 Å². The maximum atomic E-state index is 13.3. The van der Waals surface area contributed by atoms with Gasteiger partial charge in [-0.15, -0.1) is 0 Å². The van der Waals surface area contributed by atoms with Gasteiger partial charge in [0.1, 0.15) is 11.6 Å². The number of aromatic amines is 1. The Kier molecular flexibility index (Phi) is 3.86. The first-order chi connectivity index (χ1) is 8.75. The largest absolute Gasteiger partial charge is 0.347 e. The maximum absolute atomic E-state index is 13.3. The number of H-pyrrole nitrogens is 1. The van der Waals surface area contributed by atoms with Crippen LogP contribution in [0.1, 0.15) is 11.4 Å². The van der Waals surface area contributed by atoms with E-state index in [1.54, 1.807) is 30.6 Å². The number of nitrogens with zero attached hydrogens (tertiary/aromatic N) is 1. The van der Waals surface area contributed by atoms with E-state index >= 15 is 0 Å². The number of hydrogen-bond acceptors (Lipinski definition) is 2. The number of carbonyl (C=O) groups is 1. The fraction of sp³-hybridized carbons (Fsp3) is 0.0769. The van der Waals surface area contributed by atoms with Gasteiger partial charge in [-0.2, -0.15) is 0 Å². The van der Waals surface area contributed by atoms with E-state index in [9.17, 15) is 9.18 Å². The van der Waals surface area contributed by atoms with E-state index in [1.165, 1.54) is 18.2 Å². The molecule has 0 saturated heterocycles. The summed E-state index contributed by atoms with van der Waals surface area (Å²) in [4.78, 5) is 18.3. The van der Waals surface area contributed by atoms with Crippen molar-refractivity contribution in [3.05, 3.63) is 59.9 Å². The molecule has 0 radical (unpaired) electrons.